The summed E-state index contributed by atoms with van der Waals surface area (Å²) < 4.78 is 27.0. The maximum atomic E-state index is 13.8. The number of hydrogen-bond donors (Lipinski definition) is 2. The number of benzene rings is 1. The van der Waals surface area contributed by atoms with Crippen molar-refractivity contribution >= 4 is 12.0 Å². The van der Waals surface area contributed by atoms with Gasteiger partial charge >= 0.3 is 6.09 Å². The first-order chi connectivity index (χ1) is 11.9. The summed E-state index contributed by atoms with van der Waals surface area (Å²) in [5, 5.41) is 11.3. The van der Waals surface area contributed by atoms with E-state index in [0.29, 0.717) is 5.56 Å². The number of nitrogens with one attached hydrogen (secondary N) is 1. The normalized spacial score (nSPS) is 19.7. The second-order valence-electron chi connectivity index (χ2n) is 5.59. The molecular formula is C16H14F2N4O3. The Kier molecular flexibility index (Phi) is 4.55. The highest BCUT2D eigenvalue weighted by atomic mass is 19.1. The molecule has 2 N–H and O–H groups in total. The van der Waals surface area contributed by atoms with Crippen molar-refractivity contribution in [2.24, 2.45) is 0 Å². The Bertz CT molecular complexity index is 800. The lowest BCUT2D eigenvalue weighted by Crippen LogP contribution is -2.41. The number of hydrogen-bond acceptors (Lipinski definition) is 4. The van der Waals surface area contributed by atoms with Gasteiger partial charge in [-0.15, -0.1) is 0 Å². The van der Waals surface area contributed by atoms with Gasteiger partial charge < -0.3 is 15.3 Å². The van der Waals surface area contributed by atoms with Gasteiger partial charge in [-0.25, -0.2) is 23.5 Å². The standard InChI is InChI=1S/C16H14F2N4O3/c17-11-3-1-2-9(4-11)14-19-5-10(6-20-14)15(23)21-13-8-22(16(24)25)7-12(13)18/h1-6,12-13H,7-8H2,(H,21,23)(H,24,25)/t12-,13-/m0/s1. The molecule has 0 spiro atoms. The van der Waals surface area contributed by atoms with Crippen molar-refractivity contribution in [1.29, 1.82) is 0 Å². The van der Waals surface area contributed by atoms with Crippen LogP contribution in [0, 0.1) is 5.82 Å². The van der Waals surface area contributed by atoms with E-state index >= 15 is 0 Å². The van der Waals surface area contributed by atoms with Crippen molar-refractivity contribution in [1.82, 2.24) is 20.2 Å². The van der Waals surface area contributed by atoms with Gasteiger partial charge in [-0.05, 0) is 12.1 Å². The van der Waals surface area contributed by atoms with Gasteiger partial charge in [0.2, 0.25) is 0 Å². The van der Waals surface area contributed by atoms with E-state index < -0.39 is 30.0 Å². The predicted octanol–water partition coefficient (Wildman–Crippen LogP) is 1.71. The van der Waals surface area contributed by atoms with Crippen LogP contribution in [0.4, 0.5) is 13.6 Å². The number of carboxylic acid groups (broad SMARTS) is 1. The molecule has 2 atom stereocenters. The minimum absolute atomic E-state index is 0.0983. The summed E-state index contributed by atoms with van der Waals surface area (Å²) in [6.45, 7) is -0.403. The molecule has 1 aromatic heterocycles. The quantitative estimate of drug-likeness (QED) is 0.880. The summed E-state index contributed by atoms with van der Waals surface area (Å²) in [6, 6.07) is 4.78. The van der Waals surface area contributed by atoms with Gasteiger partial charge in [0.05, 0.1) is 18.2 Å². The van der Waals surface area contributed by atoms with Crippen molar-refractivity contribution < 1.29 is 23.5 Å². The van der Waals surface area contributed by atoms with Crippen LogP contribution in [-0.4, -0.2) is 57.3 Å². The van der Waals surface area contributed by atoms with Gasteiger partial charge in [-0.1, -0.05) is 12.1 Å². The number of carbonyl (C=O) groups excluding carboxylic acids is 1. The Hall–Kier alpha value is -3.10. The molecule has 0 bridgehead atoms. The molecule has 3 rings (SSSR count). The highest BCUT2D eigenvalue weighted by molar-refractivity contribution is 5.94. The Morgan fingerprint density at radius 3 is 2.56 bits per heavy atom. The predicted molar refractivity (Wildman–Crippen MR) is 83.2 cm³/mol. The summed E-state index contributed by atoms with van der Waals surface area (Å²) in [5.41, 5.74) is 0.560. The van der Waals surface area contributed by atoms with Crippen LogP contribution in [0.2, 0.25) is 0 Å². The number of nitrogens with zero attached hydrogens (tertiary/aromatic N) is 3. The highest BCUT2D eigenvalue weighted by Crippen LogP contribution is 2.16. The first kappa shape index (κ1) is 16.7. The first-order valence-corrected chi connectivity index (χ1v) is 7.45. The molecule has 0 radical (unpaired) electrons. The highest BCUT2D eigenvalue weighted by Gasteiger charge is 2.36. The van der Waals surface area contributed by atoms with E-state index in [2.05, 4.69) is 15.3 Å². The monoisotopic (exact) mass is 348 g/mol. The van der Waals surface area contributed by atoms with Gasteiger partial charge in [-0.2, -0.15) is 0 Å². The maximum absolute atomic E-state index is 13.8. The van der Waals surface area contributed by atoms with Gasteiger partial charge in [0, 0.05) is 24.5 Å². The molecule has 1 aromatic carbocycles. The number of amides is 2. The van der Waals surface area contributed by atoms with Gasteiger partial charge in [0.1, 0.15) is 12.0 Å². The first-order valence-electron chi connectivity index (χ1n) is 7.45. The SMILES string of the molecule is O=C(N[C@H]1CN(C(=O)O)C[C@@H]1F)c1cnc(-c2cccc(F)c2)nc1. The van der Waals surface area contributed by atoms with Crippen molar-refractivity contribution in [3.8, 4) is 11.4 Å². The molecular weight excluding hydrogens is 334 g/mol. The molecule has 0 saturated carbocycles. The smallest absolute Gasteiger partial charge is 0.407 e. The summed E-state index contributed by atoms with van der Waals surface area (Å²) >= 11 is 0. The Morgan fingerprint density at radius 1 is 1.24 bits per heavy atom. The number of alkyl halides is 1. The Labute approximate surface area is 141 Å². The second-order valence-corrected chi connectivity index (χ2v) is 5.59. The zero-order chi connectivity index (χ0) is 18.0. The summed E-state index contributed by atoms with van der Waals surface area (Å²) in [6.07, 6.45) is -0.214. The fourth-order valence-corrected chi connectivity index (χ4v) is 2.53. The van der Waals surface area contributed by atoms with Crippen LogP contribution in [0.1, 0.15) is 10.4 Å². The molecule has 1 fully saturated rings. The average Bonchev–Trinajstić information content (AvgIpc) is 2.96. The van der Waals surface area contributed by atoms with Crippen LogP contribution in [0.5, 0.6) is 0 Å². The molecule has 1 aliphatic heterocycles. The fourth-order valence-electron chi connectivity index (χ4n) is 2.53. The number of halogens is 2. The largest absolute Gasteiger partial charge is 0.465 e. The van der Waals surface area contributed by atoms with E-state index in [1.807, 2.05) is 0 Å². The summed E-state index contributed by atoms with van der Waals surface area (Å²) in [7, 11) is 0. The molecule has 1 saturated heterocycles. The molecule has 2 heterocycles. The van der Waals surface area contributed by atoms with Crippen LogP contribution in [0.25, 0.3) is 11.4 Å². The minimum atomic E-state index is -1.48. The van der Waals surface area contributed by atoms with Gasteiger partial charge in [0.25, 0.3) is 5.91 Å². The Balaban J connectivity index is 1.68. The lowest BCUT2D eigenvalue weighted by Gasteiger charge is -2.14. The number of rotatable bonds is 3. The van der Waals surface area contributed by atoms with Gasteiger partial charge in [0.15, 0.2) is 5.82 Å². The number of carbonyl (C=O) groups is 2. The third kappa shape index (κ3) is 3.70. The van der Waals surface area contributed by atoms with E-state index in [1.54, 1.807) is 6.07 Å². The van der Waals surface area contributed by atoms with Crippen molar-refractivity contribution in [3.05, 3.63) is 48.0 Å². The molecule has 2 aromatic rings. The molecule has 0 unspecified atom stereocenters. The number of aromatic nitrogens is 2. The lowest BCUT2D eigenvalue weighted by atomic mass is 10.2. The van der Waals surface area contributed by atoms with E-state index in [9.17, 15) is 18.4 Å². The third-order valence-corrected chi connectivity index (χ3v) is 3.83. The average molecular weight is 348 g/mol. The fraction of sp³-hybridized carbons (Fsp3) is 0.250. The maximum Gasteiger partial charge on any atom is 0.407 e. The molecule has 7 nitrogen and oxygen atoms in total. The van der Waals surface area contributed by atoms with Crippen LogP contribution in [0.3, 0.4) is 0 Å². The zero-order valence-electron chi connectivity index (χ0n) is 12.9. The third-order valence-electron chi connectivity index (χ3n) is 3.83. The van der Waals surface area contributed by atoms with Crippen molar-refractivity contribution in [2.75, 3.05) is 13.1 Å². The Morgan fingerprint density at radius 2 is 1.96 bits per heavy atom. The van der Waals surface area contributed by atoms with Crippen LogP contribution >= 0.6 is 0 Å². The summed E-state index contributed by atoms with van der Waals surface area (Å²) in [5.74, 6) is -0.788. The van der Waals surface area contributed by atoms with Crippen molar-refractivity contribution in [2.45, 2.75) is 12.2 Å². The topological polar surface area (TPSA) is 95.4 Å². The minimum Gasteiger partial charge on any atom is -0.465 e. The van der Waals surface area contributed by atoms with Crippen LogP contribution in [0.15, 0.2) is 36.7 Å². The van der Waals surface area contributed by atoms with Crippen molar-refractivity contribution in [3.63, 3.8) is 0 Å². The van der Waals surface area contributed by atoms with E-state index in [-0.39, 0.29) is 24.5 Å². The second kappa shape index (κ2) is 6.80. The molecule has 0 aliphatic carbocycles. The molecule has 2 amide bonds. The molecule has 25 heavy (non-hydrogen) atoms. The molecule has 1 aliphatic rings. The molecule has 9 heteroatoms. The van der Waals surface area contributed by atoms with E-state index in [1.165, 1.54) is 30.6 Å². The zero-order valence-corrected chi connectivity index (χ0v) is 12.9. The molecule has 130 valence electrons. The van der Waals surface area contributed by atoms with E-state index in [4.69, 9.17) is 5.11 Å². The van der Waals surface area contributed by atoms with E-state index in [0.717, 1.165) is 4.90 Å². The number of likely N-dealkylation sites (tertiary alicyclic amines) is 1. The van der Waals surface area contributed by atoms with Crippen LogP contribution < -0.4 is 5.32 Å². The van der Waals surface area contributed by atoms with Gasteiger partial charge in [-0.3, -0.25) is 4.79 Å². The lowest BCUT2D eigenvalue weighted by molar-refractivity contribution is 0.0921. The summed E-state index contributed by atoms with van der Waals surface area (Å²) in [4.78, 5) is 31.9. The van der Waals surface area contributed by atoms with Crippen LogP contribution in [-0.2, 0) is 0 Å².